The third-order valence-corrected chi connectivity index (χ3v) is 3.65. The second kappa shape index (κ2) is 6.40. The predicted molar refractivity (Wildman–Crippen MR) is 79.6 cm³/mol. The van der Waals surface area contributed by atoms with Crippen molar-refractivity contribution in [1.82, 2.24) is 5.01 Å². The average molecular weight is 281 g/mol. The molecule has 0 radical (unpaired) electrons. The maximum absolute atomic E-state index is 9.76. The molecule has 1 N–H and O–H groups in total. The van der Waals surface area contributed by atoms with Crippen LogP contribution in [0.3, 0.4) is 0 Å². The number of benzene rings is 1. The largest absolute Gasteiger partial charge is 0.391 e. The Morgan fingerprint density at radius 1 is 1.42 bits per heavy atom. The molecule has 3 nitrogen and oxygen atoms in total. The monoisotopic (exact) mass is 280 g/mol. The van der Waals surface area contributed by atoms with Gasteiger partial charge in [0.05, 0.1) is 18.4 Å². The fourth-order valence-corrected chi connectivity index (χ4v) is 2.44. The summed E-state index contributed by atoms with van der Waals surface area (Å²) in [5, 5.41) is 17.2. The zero-order valence-corrected chi connectivity index (χ0v) is 12.3. The number of rotatable bonds is 4. The molecular weight excluding hydrogens is 260 g/mol. The van der Waals surface area contributed by atoms with Crippen molar-refractivity contribution in [1.29, 1.82) is 0 Å². The standard InChI is InChI=1S/C15H21ClN2O/c1-3-14(19)10-18-9-11(2)8-15(17-18)12-4-6-13(16)7-5-12/h4-7,11,14,19H,3,8-10H2,1-2H3. The fourth-order valence-electron chi connectivity index (χ4n) is 2.31. The van der Waals surface area contributed by atoms with Gasteiger partial charge in [-0.2, -0.15) is 5.10 Å². The van der Waals surface area contributed by atoms with Crippen LogP contribution in [0.15, 0.2) is 29.4 Å². The molecule has 0 amide bonds. The molecule has 1 aromatic carbocycles. The molecule has 2 unspecified atom stereocenters. The summed E-state index contributed by atoms with van der Waals surface area (Å²) >= 11 is 5.91. The molecule has 0 aromatic heterocycles. The second-order valence-corrected chi connectivity index (χ2v) is 5.73. The molecule has 1 aliphatic heterocycles. The molecule has 19 heavy (non-hydrogen) atoms. The average Bonchev–Trinajstić information content (AvgIpc) is 2.38. The molecule has 0 bridgehead atoms. The van der Waals surface area contributed by atoms with Crippen LogP contribution in [0, 0.1) is 5.92 Å². The Labute approximate surface area is 119 Å². The smallest absolute Gasteiger partial charge is 0.0729 e. The minimum Gasteiger partial charge on any atom is -0.391 e. The summed E-state index contributed by atoms with van der Waals surface area (Å²) in [6.45, 7) is 5.73. The van der Waals surface area contributed by atoms with E-state index >= 15 is 0 Å². The quantitative estimate of drug-likeness (QED) is 0.920. The molecule has 0 saturated heterocycles. The third-order valence-electron chi connectivity index (χ3n) is 3.40. The zero-order chi connectivity index (χ0) is 13.8. The van der Waals surface area contributed by atoms with Gasteiger partial charge in [-0.1, -0.05) is 37.6 Å². The van der Waals surface area contributed by atoms with Crippen molar-refractivity contribution in [2.45, 2.75) is 32.8 Å². The summed E-state index contributed by atoms with van der Waals surface area (Å²) in [5.41, 5.74) is 2.20. The lowest BCUT2D eigenvalue weighted by Crippen LogP contribution is -2.36. The van der Waals surface area contributed by atoms with Crippen molar-refractivity contribution in [2.24, 2.45) is 11.0 Å². The lowest BCUT2D eigenvalue weighted by molar-refractivity contribution is 0.0997. The highest BCUT2D eigenvalue weighted by Gasteiger charge is 2.20. The number of nitrogens with zero attached hydrogens (tertiary/aromatic N) is 2. The topological polar surface area (TPSA) is 35.8 Å². The fraction of sp³-hybridized carbons (Fsp3) is 0.533. The van der Waals surface area contributed by atoms with E-state index in [2.05, 4.69) is 12.0 Å². The molecule has 2 rings (SSSR count). The molecule has 0 saturated carbocycles. The Morgan fingerprint density at radius 3 is 2.74 bits per heavy atom. The molecular formula is C15H21ClN2O. The van der Waals surface area contributed by atoms with E-state index in [1.54, 1.807) is 0 Å². The van der Waals surface area contributed by atoms with E-state index in [0.29, 0.717) is 12.5 Å². The molecule has 1 aromatic rings. The number of aliphatic hydroxyl groups is 1. The van der Waals surface area contributed by atoms with E-state index in [9.17, 15) is 5.11 Å². The number of aliphatic hydroxyl groups excluding tert-OH is 1. The van der Waals surface area contributed by atoms with Gasteiger partial charge < -0.3 is 5.11 Å². The highest BCUT2D eigenvalue weighted by molar-refractivity contribution is 6.30. The third kappa shape index (κ3) is 3.95. The van der Waals surface area contributed by atoms with Crippen LogP contribution in [0.4, 0.5) is 0 Å². The summed E-state index contributed by atoms with van der Waals surface area (Å²) in [6, 6.07) is 7.80. The first kappa shape index (κ1) is 14.4. The summed E-state index contributed by atoms with van der Waals surface area (Å²) in [7, 11) is 0. The van der Waals surface area contributed by atoms with Gasteiger partial charge in [0.1, 0.15) is 0 Å². The van der Waals surface area contributed by atoms with Crippen LogP contribution in [-0.4, -0.2) is 35.0 Å². The summed E-state index contributed by atoms with van der Waals surface area (Å²) in [4.78, 5) is 0. The van der Waals surface area contributed by atoms with E-state index in [1.165, 1.54) is 0 Å². The van der Waals surface area contributed by atoms with Crippen molar-refractivity contribution in [3.05, 3.63) is 34.9 Å². The number of hydrazone groups is 1. The van der Waals surface area contributed by atoms with Crippen molar-refractivity contribution in [3.63, 3.8) is 0 Å². The van der Waals surface area contributed by atoms with Gasteiger partial charge in [-0.15, -0.1) is 0 Å². The minimum absolute atomic E-state index is 0.305. The summed E-state index contributed by atoms with van der Waals surface area (Å²) in [5.74, 6) is 0.548. The van der Waals surface area contributed by atoms with Crippen LogP contribution in [0.1, 0.15) is 32.3 Å². The first-order chi connectivity index (χ1) is 9.08. The Balaban J connectivity index is 2.16. The lowest BCUT2D eigenvalue weighted by atomic mass is 9.97. The van der Waals surface area contributed by atoms with Crippen LogP contribution in [0.5, 0.6) is 0 Å². The van der Waals surface area contributed by atoms with E-state index in [1.807, 2.05) is 36.2 Å². The Hall–Kier alpha value is -1.06. The highest BCUT2D eigenvalue weighted by Crippen LogP contribution is 2.20. The zero-order valence-electron chi connectivity index (χ0n) is 11.5. The Bertz CT molecular complexity index is 444. The molecule has 0 aliphatic carbocycles. The van der Waals surface area contributed by atoms with Crippen LogP contribution < -0.4 is 0 Å². The summed E-state index contributed by atoms with van der Waals surface area (Å²) in [6.07, 6.45) is 1.43. The number of hydrogen-bond donors (Lipinski definition) is 1. The van der Waals surface area contributed by atoms with Gasteiger partial charge in [-0.3, -0.25) is 5.01 Å². The lowest BCUT2D eigenvalue weighted by Gasteiger charge is -2.31. The number of β-amino-alcohol motifs (C(OH)–C–C–N with tert-alkyl or cyclic N) is 1. The molecule has 1 aliphatic rings. The first-order valence-electron chi connectivity index (χ1n) is 6.85. The van der Waals surface area contributed by atoms with Crippen molar-refractivity contribution >= 4 is 17.3 Å². The van der Waals surface area contributed by atoms with Gasteiger partial charge in [0.2, 0.25) is 0 Å². The number of hydrogen-bond acceptors (Lipinski definition) is 3. The second-order valence-electron chi connectivity index (χ2n) is 5.30. The molecule has 0 fully saturated rings. The van der Waals surface area contributed by atoms with Gasteiger partial charge in [-0.25, -0.2) is 0 Å². The van der Waals surface area contributed by atoms with Crippen LogP contribution in [0.2, 0.25) is 5.02 Å². The highest BCUT2D eigenvalue weighted by atomic mass is 35.5. The number of halogens is 1. The van der Waals surface area contributed by atoms with E-state index in [4.69, 9.17) is 11.6 Å². The van der Waals surface area contributed by atoms with Crippen LogP contribution >= 0.6 is 11.6 Å². The maximum atomic E-state index is 9.76. The normalized spacial score (nSPS) is 21.2. The van der Waals surface area contributed by atoms with Crippen molar-refractivity contribution < 1.29 is 5.11 Å². The van der Waals surface area contributed by atoms with Crippen LogP contribution in [-0.2, 0) is 0 Å². The maximum Gasteiger partial charge on any atom is 0.0729 e. The van der Waals surface area contributed by atoms with E-state index < -0.39 is 0 Å². The van der Waals surface area contributed by atoms with Gasteiger partial charge in [0, 0.05) is 11.6 Å². The van der Waals surface area contributed by atoms with Crippen molar-refractivity contribution in [2.75, 3.05) is 13.1 Å². The van der Waals surface area contributed by atoms with E-state index in [0.717, 1.165) is 35.7 Å². The Kier molecular flexibility index (Phi) is 4.83. The molecule has 4 heteroatoms. The molecule has 0 spiro atoms. The first-order valence-corrected chi connectivity index (χ1v) is 7.22. The van der Waals surface area contributed by atoms with Gasteiger partial charge in [0.25, 0.3) is 0 Å². The summed E-state index contributed by atoms with van der Waals surface area (Å²) < 4.78 is 0. The van der Waals surface area contributed by atoms with E-state index in [-0.39, 0.29) is 6.10 Å². The Morgan fingerprint density at radius 2 is 2.11 bits per heavy atom. The molecule has 1 heterocycles. The predicted octanol–water partition coefficient (Wildman–Crippen LogP) is 3.16. The minimum atomic E-state index is -0.305. The molecule has 104 valence electrons. The molecule has 2 atom stereocenters. The van der Waals surface area contributed by atoms with Gasteiger partial charge >= 0.3 is 0 Å². The van der Waals surface area contributed by atoms with Gasteiger partial charge in [0.15, 0.2) is 0 Å². The SMILES string of the molecule is CCC(O)CN1CC(C)CC(c2ccc(Cl)cc2)=N1. The van der Waals surface area contributed by atoms with Crippen molar-refractivity contribution in [3.8, 4) is 0 Å². The van der Waals surface area contributed by atoms with Crippen LogP contribution in [0.25, 0.3) is 0 Å². The van der Waals surface area contributed by atoms with Gasteiger partial charge in [-0.05, 0) is 36.5 Å².